The standard InChI is InChI=1S/C14H15ClN2O2S/c1-8(12(18)10-3-5-11(15)6-4-10)17-14(19)13-9(2)16-7-20-13/h3-8,12,18H,1-2H3,(H,17,19). The molecular formula is C14H15ClN2O2S. The zero-order valence-electron chi connectivity index (χ0n) is 11.1. The fourth-order valence-corrected chi connectivity index (χ4v) is 2.65. The van der Waals surface area contributed by atoms with E-state index in [0.717, 1.165) is 0 Å². The van der Waals surface area contributed by atoms with Gasteiger partial charge in [0.15, 0.2) is 0 Å². The number of aliphatic hydroxyl groups excluding tert-OH is 1. The van der Waals surface area contributed by atoms with Gasteiger partial charge >= 0.3 is 0 Å². The molecule has 2 atom stereocenters. The van der Waals surface area contributed by atoms with Crippen LogP contribution in [0.4, 0.5) is 0 Å². The summed E-state index contributed by atoms with van der Waals surface area (Å²) in [5.74, 6) is -0.217. The number of rotatable bonds is 4. The maximum Gasteiger partial charge on any atom is 0.263 e. The van der Waals surface area contributed by atoms with Crippen molar-refractivity contribution in [3.05, 3.63) is 50.9 Å². The van der Waals surface area contributed by atoms with Gasteiger partial charge in [-0.1, -0.05) is 23.7 Å². The van der Waals surface area contributed by atoms with E-state index in [1.807, 2.05) is 0 Å². The van der Waals surface area contributed by atoms with Gasteiger partial charge < -0.3 is 10.4 Å². The number of amides is 1. The summed E-state index contributed by atoms with van der Waals surface area (Å²) < 4.78 is 0. The van der Waals surface area contributed by atoms with E-state index in [9.17, 15) is 9.90 Å². The van der Waals surface area contributed by atoms with Crippen LogP contribution in [-0.4, -0.2) is 22.0 Å². The third-order valence-electron chi connectivity index (χ3n) is 3.00. The number of hydrogen-bond acceptors (Lipinski definition) is 4. The number of aromatic nitrogens is 1. The summed E-state index contributed by atoms with van der Waals surface area (Å²) in [7, 11) is 0. The molecule has 0 fully saturated rings. The Labute approximate surface area is 126 Å². The zero-order chi connectivity index (χ0) is 14.7. The molecule has 106 valence electrons. The van der Waals surface area contributed by atoms with Crippen LogP contribution in [0, 0.1) is 6.92 Å². The van der Waals surface area contributed by atoms with Gasteiger partial charge in [0.2, 0.25) is 0 Å². The normalized spacial score (nSPS) is 13.8. The predicted molar refractivity (Wildman–Crippen MR) is 80.2 cm³/mol. The Kier molecular flexibility index (Phi) is 4.75. The molecule has 1 heterocycles. The molecule has 1 aromatic carbocycles. The van der Waals surface area contributed by atoms with Crippen molar-refractivity contribution >= 4 is 28.8 Å². The van der Waals surface area contributed by atoms with Crippen LogP contribution >= 0.6 is 22.9 Å². The van der Waals surface area contributed by atoms with Gasteiger partial charge in [0, 0.05) is 5.02 Å². The molecular weight excluding hydrogens is 296 g/mol. The molecule has 1 aromatic heterocycles. The Balaban J connectivity index is 2.04. The van der Waals surface area contributed by atoms with Crippen LogP contribution in [0.25, 0.3) is 0 Å². The molecule has 1 amide bonds. The highest BCUT2D eigenvalue weighted by molar-refractivity contribution is 7.11. The zero-order valence-corrected chi connectivity index (χ0v) is 12.7. The van der Waals surface area contributed by atoms with E-state index in [2.05, 4.69) is 10.3 Å². The minimum absolute atomic E-state index is 0.217. The molecule has 2 aromatic rings. The maximum atomic E-state index is 12.1. The number of halogens is 1. The lowest BCUT2D eigenvalue weighted by Gasteiger charge is -2.20. The van der Waals surface area contributed by atoms with Crippen LogP contribution in [0.15, 0.2) is 29.8 Å². The first-order valence-electron chi connectivity index (χ1n) is 6.13. The van der Waals surface area contributed by atoms with Gasteiger partial charge in [-0.25, -0.2) is 4.98 Å². The summed E-state index contributed by atoms with van der Waals surface area (Å²) in [6.07, 6.45) is -0.788. The Morgan fingerprint density at radius 3 is 2.60 bits per heavy atom. The molecule has 6 heteroatoms. The number of carbonyl (C=O) groups excluding carboxylic acids is 1. The van der Waals surface area contributed by atoms with Crippen LogP contribution in [0.2, 0.25) is 5.02 Å². The summed E-state index contributed by atoms with van der Waals surface area (Å²) in [6.45, 7) is 3.54. The van der Waals surface area contributed by atoms with E-state index in [1.54, 1.807) is 43.6 Å². The maximum absolute atomic E-state index is 12.1. The van der Waals surface area contributed by atoms with Crippen LogP contribution in [0.3, 0.4) is 0 Å². The smallest absolute Gasteiger partial charge is 0.263 e. The quantitative estimate of drug-likeness (QED) is 0.912. The Bertz CT molecular complexity index is 597. The second kappa shape index (κ2) is 6.35. The molecule has 0 saturated heterocycles. The molecule has 0 aliphatic carbocycles. The van der Waals surface area contributed by atoms with Crippen LogP contribution in [0.1, 0.15) is 34.0 Å². The van der Waals surface area contributed by atoms with E-state index in [1.165, 1.54) is 11.3 Å². The number of aliphatic hydroxyl groups is 1. The fraction of sp³-hybridized carbons (Fsp3) is 0.286. The Hall–Kier alpha value is -1.43. The Morgan fingerprint density at radius 1 is 1.40 bits per heavy atom. The lowest BCUT2D eigenvalue weighted by molar-refractivity contribution is 0.0855. The number of nitrogens with one attached hydrogen (secondary N) is 1. The van der Waals surface area contributed by atoms with Gasteiger partial charge in [-0.05, 0) is 31.5 Å². The van der Waals surface area contributed by atoms with Gasteiger partial charge in [0.05, 0.1) is 23.4 Å². The van der Waals surface area contributed by atoms with E-state index >= 15 is 0 Å². The summed E-state index contributed by atoms with van der Waals surface area (Å²) >= 11 is 7.10. The van der Waals surface area contributed by atoms with Crippen molar-refractivity contribution in [2.45, 2.75) is 26.0 Å². The highest BCUT2D eigenvalue weighted by atomic mass is 35.5. The van der Waals surface area contributed by atoms with Crippen molar-refractivity contribution in [1.82, 2.24) is 10.3 Å². The third kappa shape index (κ3) is 3.36. The van der Waals surface area contributed by atoms with Crippen molar-refractivity contribution in [3.8, 4) is 0 Å². The van der Waals surface area contributed by atoms with Crippen molar-refractivity contribution < 1.29 is 9.90 Å². The predicted octanol–water partition coefficient (Wildman–Crippen LogP) is 2.96. The number of nitrogens with zero attached hydrogens (tertiary/aromatic N) is 1. The minimum atomic E-state index is -0.788. The minimum Gasteiger partial charge on any atom is -0.386 e. The highest BCUT2D eigenvalue weighted by Crippen LogP contribution is 2.20. The van der Waals surface area contributed by atoms with Crippen molar-refractivity contribution in [1.29, 1.82) is 0 Å². The number of hydrogen-bond donors (Lipinski definition) is 2. The molecule has 0 bridgehead atoms. The monoisotopic (exact) mass is 310 g/mol. The molecule has 0 saturated carbocycles. The van der Waals surface area contributed by atoms with Crippen LogP contribution < -0.4 is 5.32 Å². The molecule has 2 N–H and O–H groups in total. The molecule has 0 aliphatic heterocycles. The molecule has 0 aliphatic rings. The summed E-state index contributed by atoms with van der Waals surface area (Å²) in [6, 6.07) is 6.50. The first kappa shape index (κ1) is 15.0. The van der Waals surface area contributed by atoms with Gasteiger partial charge in [-0.15, -0.1) is 11.3 Å². The van der Waals surface area contributed by atoms with Crippen LogP contribution in [0.5, 0.6) is 0 Å². The highest BCUT2D eigenvalue weighted by Gasteiger charge is 2.20. The van der Waals surface area contributed by atoms with Gasteiger partial charge in [0.25, 0.3) is 5.91 Å². The average molecular weight is 311 g/mol. The number of carbonyl (C=O) groups is 1. The van der Waals surface area contributed by atoms with Gasteiger partial charge in [0.1, 0.15) is 4.88 Å². The first-order chi connectivity index (χ1) is 9.49. The molecule has 0 radical (unpaired) electrons. The van der Waals surface area contributed by atoms with E-state index in [0.29, 0.717) is 21.2 Å². The van der Waals surface area contributed by atoms with Gasteiger partial charge in [-0.3, -0.25) is 4.79 Å². The second-order valence-electron chi connectivity index (χ2n) is 4.53. The number of benzene rings is 1. The number of aryl methyl sites for hydroxylation is 1. The van der Waals surface area contributed by atoms with Crippen LogP contribution in [-0.2, 0) is 0 Å². The Morgan fingerprint density at radius 2 is 2.05 bits per heavy atom. The SMILES string of the molecule is Cc1ncsc1C(=O)NC(C)C(O)c1ccc(Cl)cc1. The largest absolute Gasteiger partial charge is 0.386 e. The van der Waals surface area contributed by atoms with Crippen molar-refractivity contribution in [2.75, 3.05) is 0 Å². The molecule has 2 rings (SSSR count). The van der Waals surface area contributed by atoms with E-state index < -0.39 is 12.1 Å². The molecule has 0 spiro atoms. The van der Waals surface area contributed by atoms with E-state index in [4.69, 9.17) is 11.6 Å². The first-order valence-corrected chi connectivity index (χ1v) is 7.39. The lowest BCUT2D eigenvalue weighted by atomic mass is 10.0. The number of thiazole rings is 1. The lowest BCUT2D eigenvalue weighted by Crippen LogP contribution is -2.37. The van der Waals surface area contributed by atoms with Crippen molar-refractivity contribution in [3.63, 3.8) is 0 Å². The summed E-state index contributed by atoms with van der Waals surface area (Å²) in [4.78, 5) is 16.7. The topological polar surface area (TPSA) is 62.2 Å². The third-order valence-corrected chi connectivity index (χ3v) is 4.17. The summed E-state index contributed by atoms with van der Waals surface area (Å²) in [5, 5.41) is 13.6. The molecule has 20 heavy (non-hydrogen) atoms. The van der Waals surface area contributed by atoms with Gasteiger partial charge in [-0.2, -0.15) is 0 Å². The summed E-state index contributed by atoms with van der Waals surface area (Å²) in [5.41, 5.74) is 3.04. The van der Waals surface area contributed by atoms with Crippen molar-refractivity contribution in [2.24, 2.45) is 0 Å². The average Bonchev–Trinajstić information content (AvgIpc) is 2.85. The van der Waals surface area contributed by atoms with E-state index in [-0.39, 0.29) is 5.91 Å². The molecule has 2 unspecified atom stereocenters. The second-order valence-corrected chi connectivity index (χ2v) is 5.82. The molecule has 4 nitrogen and oxygen atoms in total. The fourth-order valence-electron chi connectivity index (χ4n) is 1.82.